The Morgan fingerprint density at radius 3 is 1.48 bits per heavy atom. The highest BCUT2D eigenvalue weighted by Crippen LogP contribution is 2.35. The summed E-state index contributed by atoms with van der Waals surface area (Å²) in [4.78, 5) is 44.5. The molecule has 0 aliphatic rings. The molecule has 8 nitrogen and oxygen atoms in total. The summed E-state index contributed by atoms with van der Waals surface area (Å²) in [5.74, 6) is 0. The molecule has 0 saturated heterocycles. The SMILES string of the molecule is O=P([O-])([O-])c1ccc(P(c2ccccc2)c2ccc(P(=O)([O-])[O-])o2)o1. The smallest absolute Gasteiger partial charge is 0.138 e. The number of rotatable bonds is 5. The van der Waals surface area contributed by atoms with Gasteiger partial charge >= 0.3 is 0 Å². The number of benzene rings is 1. The summed E-state index contributed by atoms with van der Waals surface area (Å²) >= 11 is 0. The summed E-state index contributed by atoms with van der Waals surface area (Å²) in [6.45, 7) is 0. The highest BCUT2D eigenvalue weighted by Gasteiger charge is 2.24. The molecule has 3 aromatic rings. The zero-order valence-electron chi connectivity index (χ0n) is 12.3. The average Bonchev–Trinajstić information content (AvgIpc) is 3.17. The monoisotopic (exact) mass is 398 g/mol. The van der Waals surface area contributed by atoms with Gasteiger partial charge in [0, 0.05) is 15.2 Å². The quantitative estimate of drug-likeness (QED) is 0.436. The van der Waals surface area contributed by atoms with Crippen molar-refractivity contribution in [2.75, 3.05) is 0 Å². The fourth-order valence-corrected chi connectivity index (χ4v) is 5.21. The average molecular weight is 398 g/mol. The molecule has 2 aromatic heterocycles. The molecule has 1 aromatic carbocycles. The van der Waals surface area contributed by atoms with Crippen LogP contribution in [0.25, 0.3) is 0 Å². The van der Waals surface area contributed by atoms with E-state index in [0.717, 1.165) is 12.1 Å². The van der Waals surface area contributed by atoms with Crippen LogP contribution in [0.3, 0.4) is 0 Å². The van der Waals surface area contributed by atoms with E-state index in [1.165, 1.54) is 12.1 Å². The van der Waals surface area contributed by atoms with Crippen LogP contribution >= 0.6 is 23.1 Å². The van der Waals surface area contributed by atoms with Crippen LogP contribution < -0.4 is 46.9 Å². The van der Waals surface area contributed by atoms with Gasteiger partial charge in [0.1, 0.15) is 22.0 Å². The summed E-state index contributed by atoms with van der Waals surface area (Å²) in [7, 11) is -11.8. The van der Waals surface area contributed by atoms with Gasteiger partial charge in [-0.1, -0.05) is 30.3 Å². The molecule has 0 fully saturated rings. The molecule has 0 bridgehead atoms. The predicted octanol–water partition coefficient (Wildman–Crippen LogP) is -2.29. The molecule has 11 heteroatoms. The maximum atomic E-state index is 11.1. The van der Waals surface area contributed by atoms with Gasteiger partial charge in [-0.3, -0.25) is 0 Å². The maximum absolute atomic E-state index is 11.1. The second-order valence-corrected chi connectivity index (χ2v) is 9.83. The van der Waals surface area contributed by atoms with Crippen molar-refractivity contribution in [2.45, 2.75) is 0 Å². The molecule has 0 spiro atoms. The Hall–Kier alpha value is -1.49. The summed E-state index contributed by atoms with van der Waals surface area (Å²) in [5.41, 5.74) is -1.21. The third-order valence-electron chi connectivity index (χ3n) is 3.15. The van der Waals surface area contributed by atoms with Crippen molar-refractivity contribution in [1.82, 2.24) is 0 Å². The van der Waals surface area contributed by atoms with Crippen LogP contribution in [-0.2, 0) is 9.13 Å². The van der Waals surface area contributed by atoms with Gasteiger partial charge in [0.2, 0.25) is 0 Å². The van der Waals surface area contributed by atoms with E-state index in [4.69, 9.17) is 8.83 Å². The van der Waals surface area contributed by atoms with Crippen molar-refractivity contribution < 1.29 is 37.5 Å². The minimum absolute atomic E-state index is 0.121. The van der Waals surface area contributed by atoms with E-state index in [1.807, 2.05) is 0 Å². The summed E-state index contributed by atoms with van der Waals surface area (Å²) in [6, 6.07) is 13.3. The largest absolute Gasteiger partial charge is 0.805 e. The van der Waals surface area contributed by atoms with Crippen LogP contribution in [0.2, 0.25) is 0 Å². The van der Waals surface area contributed by atoms with Gasteiger partial charge < -0.3 is 37.5 Å². The second-order valence-electron chi connectivity index (χ2n) is 4.89. The van der Waals surface area contributed by atoms with Crippen molar-refractivity contribution in [1.29, 1.82) is 0 Å². The Morgan fingerprint density at radius 1 is 0.680 bits per heavy atom. The molecule has 132 valence electrons. The molecule has 0 N–H and O–H groups in total. The fourth-order valence-electron chi connectivity index (χ4n) is 2.11. The first-order chi connectivity index (χ1) is 11.7. The number of hydrogen-bond donors (Lipinski definition) is 0. The maximum Gasteiger partial charge on any atom is 0.138 e. The molecule has 0 unspecified atom stereocenters. The van der Waals surface area contributed by atoms with Gasteiger partial charge in [-0.05, 0) is 29.6 Å². The number of furan rings is 2. The zero-order valence-corrected chi connectivity index (χ0v) is 15.0. The van der Waals surface area contributed by atoms with E-state index >= 15 is 0 Å². The van der Waals surface area contributed by atoms with Gasteiger partial charge in [-0.25, -0.2) is 0 Å². The van der Waals surface area contributed by atoms with Crippen molar-refractivity contribution in [3.63, 3.8) is 0 Å². The minimum Gasteiger partial charge on any atom is -0.805 e. The third-order valence-corrected chi connectivity index (χ3v) is 6.89. The molecule has 0 atom stereocenters. The Balaban J connectivity index is 2.11. The molecule has 3 rings (SSSR count). The summed E-state index contributed by atoms with van der Waals surface area (Å²) < 4.78 is 32.6. The van der Waals surface area contributed by atoms with Crippen molar-refractivity contribution >= 4 is 50.4 Å². The van der Waals surface area contributed by atoms with Crippen molar-refractivity contribution in [2.24, 2.45) is 0 Å². The van der Waals surface area contributed by atoms with Crippen molar-refractivity contribution in [3.8, 4) is 0 Å². The van der Waals surface area contributed by atoms with Gasteiger partial charge in [-0.15, -0.1) is 0 Å². The molecule has 2 heterocycles. The van der Waals surface area contributed by atoms with E-state index in [-0.39, 0.29) is 11.0 Å². The molecular weight excluding hydrogens is 389 g/mol. The molecule has 0 saturated carbocycles. The standard InChI is InChI=1S/C14H13O8P3/c15-24(16,17)13-8-6-11(21-13)23(10-4-2-1-3-5-10)12-7-9-14(22-12)25(18,19)20/h1-9H,(H2,15,16,17)(H2,18,19,20)/p-4. The van der Waals surface area contributed by atoms with E-state index in [2.05, 4.69) is 0 Å². The van der Waals surface area contributed by atoms with Crippen molar-refractivity contribution in [3.05, 3.63) is 54.6 Å². The molecule has 0 aliphatic carbocycles. The number of hydrogen-bond acceptors (Lipinski definition) is 8. The van der Waals surface area contributed by atoms with Crippen LogP contribution in [-0.4, -0.2) is 0 Å². The van der Waals surface area contributed by atoms with Crippen LogP contribution in [0.5, 0.6) is 0 Å². The Bertz CT molecular complexity index is 905. The third kappa shape index (κ3) is 4.02. The Labute approximate surface area is 143 Å². The van der Waals surface area contributed by atoms with Gasteiger partial charge in [-0.2, -0.15) is 0 Å². The molecule has 0 amide bonds. The van der Waals surface area contributed by atoms with Gasteiger partial charge in [0.25, 0.3) is 0 Å². The molecule has 0 radical (unpaired) electrons. The summed E-state index contributed by atoms with van der Waals surface area (Å²) in [6.07, 6.45) is 0. The lowest BCUT2D eigenvalue weighted by Crippen LogP contribution is -2.26. The lowest BCUT2D eigenvalue weighted by Gasteiger charge is -2.26. The molecule has 25 heavy (non-hydrogen) atoms. The lowest BCUT2D eigenvalue weighted by atomic mass is 10.4. The van der Waals surface area contributed by atoms with Crippen LogP contribution in [0.15, 0.2) is 63.4 Å². The minimum atomic E-state index is -5.07. The van der Waals surface area contributed by atoms with Crippen LogP contribution in [0.4, 0.5) is 0 Å². The first kappa shape index (κ1) is 18.3. The summed E-state index contributed by atoms with van der Waals surface area (Å²) in [5, 5.41) is 0.651. The first-order valence-electron chi connectivity index (χ1n) is 6.76. The van der Waals surface area contributed by atoms with E-state index in [9.17, 15) is 28.7 Å². The Kier molecular flexibility index (Phi) is 4.89. The molecular formula is C14H9O8P3-4. The molecule has 0 aliphatic heterocycles. The van der Waals surface area contributed by atoms with E-state index in [1.54, 1.807) is 30.3 Å². The van der Waals surface area contributed by atoms with Gasteiger partial charge in [0.05, 0.1) is 7.92 Å². The van der Waals surface area contributed by atoms with E-state index < -0.39 is 34.1 Å². The highest BCUT2D eigenvalue weighted by atomic mass is 31.2. The highest BCUT2D eigenvalue weighted by molar-refractivity contribution is 7.79. The lowest BCUT2D eigenvalue weighted by molar-refractivity contribution is -0.310. The van der Waals surface area contributed by atoms with Crippen LogP contribution in [0.1, 0.15) is 0 Å². The first-order valence-corrected chi connectivity index (χ1v) is 11.2. The predicted molar refractivity (Wildman–Crippen MR) is 84.2 cm³/mol. The topological polar surface area (TPSA) is 153 Å². The van der Waals surface area contributed by atoms with E-state index in [0.29, 0.717) is 5.30 Å². The van der Waals surface area contributed by atoms with Crippen LogP contribution in [0, 0.1) is 0 Å². The second kappa shape index (κ2) is 6.67. The fraction of sp³-hybridized carbons (Fsp3) is 0. The zero-order chi connectivity index (χ0) is 18.2. The Morgan fingerprint density at radius 2 is 1.12 bits per heavy atom. The normalized spacial score (nSPS) is 12.7. The van der Waals surface area contributed by atoms with Gasteiger partial charge in [0.15, 0.2) is 0 Å².